The Hall–Kier alpha value is -2.22. The van der Waals surface area contributed by atoms with E-state index in [9.17, 15) is 13.2 Å². The topological polar surface area (TPSA) is 69.7 Å². The predicted octanol–water partition coefficient (Wildman–Crippen LogP) is 4.02. The summed E-state index contributed by atoms with van der Waals surface area (Å²) in [5, 5.41) is 2.92. The van der Waals surface area contributed by atoms with Crippen LogP contribution in [0.25, 0.3) is 0 Å². The Morgan fingerprint density at radius 3 is 2.12 bits per heavy atom. The van der Waals surface area contributed by atoms with Crippen molar-refractivity contribution in [2.45, 2.75) is 64.1 Å². The van der Waals surface area contributed by atoms with Gasteiger partial charge in [-0.2, -0.15) is 4.31 Å². The summed E-state index contributed by atoms with van der Waals surface area (Å²) in [6, 6.07) is 15.0. The molecule has 1 aliphatic rings. The molecule has 0 bridgehead atoms. The molecule has 1 fully saturated rings. The van der Waals surface area contributed by atoms with Crippen LogP contribution in [-0.4, -0.2) is 49.2 Å². The number of hydrogen-bond donors (Lipinski definition) is 1. The van der Waals surface area contributed by atoms with Crippen LogP contribution in [0.1, 0.15) is 61.5 Å². The fourth-order valence-corrected chi connectivity index (χ4v) is 5.49. The monoisotopic (exact) mass is 457 g/mol. The smallest absolute Gasteiger partial charge is 0.251 e. The minimum absolute atomic E-state index is 0.141. The first-order valence-electron chi connectivity index (χ1n) is 11.5. The van der Waals surface area contributed by atoms with Crippen molar-refractivity contribution in [1.29, 1.82) is 0 Å². The predicted molar refractivity (Wildman–Crippen MR) is 128 cm³/mol. The van der Waals surface area contributed by atoms with E-state index in [-0.39, 0.29) is 5.91 Å². The molecule has 7 heteroatoms. The molecule has 6 nitrogen and oxygen atoms in total. The van der Waals surface area contributed by atoms with Gasteiger partial charge in [-0.05, 0) is 68.6 Å². The molecule has 0 saturated carbocycles. The molecule has 1 N–H and O–H groups in total. The number of sulfonamides is 1. The van der Waals surface area contributed by atoms with E-state index in [0.29, 0.717) is 36.1 Å². The SMILES string of the molecule is CCN(Cc1ccc(C(=O)NCc2ccc(S(=O)(=O)N3CCCCC3)cc2)cc1)C(C)C. The summed E-state index contributed by atoms with van der Waals surface area (Å²) in [5.74, 6) is -0.141. The quantitative estimate of drug-likeness (QED) is 0.617. The zero-order chi connectivity index (χ0) is 23.1. The van der Waals surface area contributed by atoms with E-state index in [2.05, 4.69) is 31.0 Å². The zero-order valence-corrected chi connectivity index (χ0v) is 20.2. The van der Waals surface area contributed by atoms with Crippen LogP contribution in [0, 0.1) is 0 Å². The first-order chi connectivity index (χ1) is 15.3. The van der Waals surface area contributed by atoms with E-state index >= 15 is 0 Å². The molecule has 1 heterocycles. The molecule has 0 aliphatic carbocycles. The minimum atomic E-state index is -3.43. The fraction of sp³-hybridized carbons (Fsp3) is 0.480. The van der Waals surface area contributed by atoms with Gasteiger partial charge in [0.25, 0.3) is 5.91 Å². The van der Waals surface area contributed by atoms with Gasteiger partial charge in [-0.15, -0.1) is 0 Å². The van der Waals surface area contributed by atoms with Gasteiger partial charge in [-0.25, -0.2) is 8.42 Å². The second-order valence-electron chi connectivity index (χ2n) is 8.65. The maximum atomic E-state index is 12.8. The number of amides is 1. The van der Waals surface area contributed by atoms with E-state index in [0.717, 1.165) is 37.9 Å². The lowest BCUT2D eigenvalue weighted by Crippen LogP contribution is -2.35. The van der Waals surface area contributed by atoms with Crippen LogP contribution in [0.4, 0.5) is 0 Å². The van der Waals surface area contributed by atoms with E-state index in [1.807, 2.05) is 24.3 Å². The Morgan fingerprint density at radius 1 is 0.969 bits per heavy atom. The molecule has 0 aromatic heterocycles. The maximum absolute atomic E-state index is 12.8. The van der Waals surface area contributed by atoms with E-state index in [1.165, 1.54) is 5.56 Å². The highest BCUT2D eigenvalue weighted by atomic mass is 32.2. The lowest BCUT2D eigenvalue weighted by Gasteiger charge is -2.25. The summed E-state index contributed by atoms with van der Waals surface area (Å²) in [6.45, 7) is 9.89. The van der Waals surface area contributed by atoms with Crippen molar-refractivity contribution < 1.29 is 13.2 Å². The van der Waals surface area contributed by atoms with Crippen LogP contribution in [0.3, 0.4) is 0 Å². The summed E-state index contributed by atoms with van der Waals surface area (Å²) in [6.07, 6.45) is 2.92. The molecule has 3 rings (SSSR count). The molecule has 32 heavy (non-hydrogen) atoms. The van der Waals surface area contributed by atoms with E-state index < -0.39 is 10.0 Å². The number of nitrogens with zero attached hydrogens (tertiary/aromatic N) is 2. The summed E-state index contributed by atoms with van der Waals surface area (Å²) < 4.78 is 27.1. The molecule has 2 aromatic rings. The first kappa shape index (κ1) is 24.4. The Balaban J connectivity index is 1.55. The largest absolute Gasteiger partial charge is 0.348 e. The average molecular weight is 458 g/mol. The van der Waals surface area contributed by atoms with Gasteiger partial charge in [-0.1, -0.05) is 37.6 Å². The molecule has 1 amide bonds. The summed E-state index contributed by atoms with van der Waals surface area (Å²) >= 11 is 0. The molecule has 0 radical (unpaired) electrons. The van der Waals surface area contributed by atoms with Gasteiger partial charge in [0.1, 0.15) is 0 Å². The van der Waals surface area contributed by atoms with Crippen molar-refractivity contribution in [3.63, 3.8) is 0 Å². The van der Waals surface area contributed by atoms with Crippen molar-refractivity contribution in [2.75, 3.05) is 19.6 Å². The van der Waals surface area contributed by atoms with Crippen molar-refractivity contribution in [2.24, 2.45) is 0 Å². The van der Waals surface area contributed by atoms with Gasteiger partial charge < -0.3 is 5.32 Å². The van der Waals surface area contributed by atoms with Crippen LogP contribution in [0.15, 0.2) is 53.4 Å². The molecule has 174 valence electrons. The second-order valence-corrected chi connectivity index (χ2v) is 10.6. The first-order valence-corrected chi connectivity index (χ1v) is 13.0. The summed E-state index contributed by atoms with van der Waals surface area (Å²) in [5.41, 5.74) is 2.66. The Bertz CT molecular complexity index is 980. The highest BCUT2D eigenvalue weighted by Crippen LogP contribution is 2.21. The highest BCUT2D eigenvalue weighted by molar-refractivity contribution is 7.89. The molecule has 2 aromatic carbocycles. The van der Waals surface area contributed by atoms with Crippen LogP contribution in [-0.2, 0) is 23.1 Å². The summed E-state index contributed by atoms with van der Waals surface area (Å²) in [7, 11) is -3.43. The fourth-order valence-electron chi connectivity index (χ4n) is 3.97. The number of carbonyl (C=O) groups is 1. The Morgan fingerprint density at radius 2 is 1.56 bits per heavy atom. The van der Waals surface area contributed by atoms with Crippen molar-refractivity contribution in [3.05, 3.63) is 65.2 Å². The third kappa shape index (κ3) is 6.18. The van der Waals surface area contributed by atoms with Gasteiger partial charge >= 0.3 is 0 Å². The lowest BCUT2D eigenvalue weighted by atomic mass is 10.1. The van der Waals surface area contributed by atoms with Gasteiger partial charge in [0.05, 0.1) is 4.90 Å². The number of carbonyl (C=O) groups excluding carboxylic acids is 1. The molecule has 0 atom stereocenters. The van der Waals surface area contributed by atoms with Crippen molar-refractivity contribution >= 4 is 15.9 Å². The number of nitrogens with one attached hydrogen (secondary N) is 1. The molecule has 1 saturated heterocycles. The average Bonchev–Trinajstić information content (AvgIpc) is 2.82. The molecule has 1 aliphatic heterocycles. The Labute approximate surface area is 192 Å². The van der Waals surface area contributed by atoms with E-state index in [4.69, 9.17) is 0 Å². The molecular weight excluding hydrogens is 422 g/mol. The highest BCUT2D eigenvalue weighted by Gasteiger charge is 2.25. The second kappa shape index (κ2) is 11.1. The van der Waals surface area contributed by atoms with Crippen LogP contribution < -0.4 is 5.32 Å². The van der Waals surface area contributed by atoms with Gasteiger partial charge in [0.15, 0.2) is 0 Å². The molecule has 0 spiro atoms. The van der Waals surface area contributed by atoms with Crippen LogP contribution >= 0.6 is 0 Å². The number of hydrogen-bond acceptors (Lipinski definition) is 4. The molecule has 0 unspecified atom stereocenters. The summed E-state index contributed by atoms with van der Waals surface area (Å²) in [4.78, 5) is 15.2. The van der Waals surface area contributed by atoms with E-state index in [1.54, 1.807) is 28.6 Å². The normalized spacial score (nSPS) is 15.3. The third-order valence-electron chi connectivity index (χ3n) is 6.07. The third-order valence-corrected chi connectivity index (χ3v) is 7.98. The minimum Gasteiger partial charge on any atom is -0.348 e. The number of rotatable bonds is 9. The van der Waals surface area contributed by atoms with Gasteiger partial charge in [0.2, 0.25) is 10.0 Å². The van der Waals surface area contributed by atoms with Crippen LogP contribution in [0.5, 0.6) is 0 Å². The van der Waals surface area contributed by atoms with Gasteiger partial charge in [0, 0.05) is 37.8 Å². The zero-order valence-electron chi connectivity index (χ0n) is 19.4. The standard InChI is InChI=1S/C25H35N3O3S/c1-4-27(20(2)3)19-22-8-12-23(13-9-22)25(29)26-18-21-10-14-24(15-11-21)32(30,31)28-16-6-5-7-17-28/h8-15,20H,4-7,16-19H2,1-3H3,(H,26,29). The van der Waals surface area contributed by atoms with Crippen molar-refractivity contribution in [3.8, 4) is 0 Å². The number of piperidine rings is 1. The van der Waals surface area contributed by atoms with Crippen LogP contribution in [0.2, 0.25) is 0 Å². The Kier molecular flexibility index (Phi) is 8.45. The molecular formula is C25H35N3O3S. The van der Waals surface area contributed by atoms with Crippen molar-refractivity contribution in [1.82, 2.24) is 14.5 Å². The lowest BCUT2D eigenvalue weighted by molar-refractivity contribution is 0.0951. The number of benzene rings is 2. The maximum Gasteiger partial charge on any atom is 0.251 e. The van der Waals surface area contributed by atoms with Gasteiger partial charge in [-0.3, -0.25) is 9.69 Å².